The summed E-state index contributed by atoms with van der Waals surface area (Å²) in [5.41, 5.74) is 2.35. The highest BCUT2D eigenvalue weighted by molar-refractivity contribution is 8.00. The van der Waals surface area contributed by atoms with Gasteiger partial charge in [-0.1, -0.05) is 54.2 Å². The van der Waals surface area contributed by atoms with Gasteiger partial charge in [-0.2, -0.15) is 0 Å². The van der Waals surface area contributed by atoms with E-state index >= 15 is 0 Å². The van der Waals surface area contributed by atoms with E-state index in [-0.39, 0.29) is 0 Å². The summed E-state index contributed by atoms with van der Waals surface area (Å²) >= 11 is 6.38. The van der Waals surface area contributed by atoms with Crippen LogP contribution in [0.1, 0.15) is 0 Å². The number of ether oxygens (including phenoxy) is 1. The molecule has 0 atom stereocenters. The Labute approximate surface area is 140 Å². The van der Waals surface area contributed by atoms with Gasteiger partial charge in [0.2, 0.25) is 0 Å². The predicted octanol–water partition coefficient (Wildman–Crippen LogP) is 5.80. The molecule has 0 radical (unpaired) electrons. The lowest BCUT2D eigenvalue weighted by Crippen LogP contribution is -1.86. The average Bonchev–Trinajstić information content (AvgIpc) is 2.58. The molecule has 0 fully saturated rings. The Morgan fingerprint density at radius 2 is 1.55 bits per heavy atom. The third-order valence-electron chi connectivity index (χ3n) is 3.36. The van der Waals surface area contributed by atoms with Gasteiger partial charge in [0.25, 0.3) is 0 Å². The normalized spacial score (nSPS) is 10.5. The molecule has 0 bridgehead atoms. The SMILES string of the molecule is COc1ccc(-c2cccc(S)c2Sc2ccccc2)cc1. The molecule has 0 heterocycles. The lowest BCUT2D eigenvalue weighted by molar-refractivity contribution is 0.415. The van der Waals surface area contributed by atoms with E-state index in [1.54, 1.807) is 18.9 Å². The maximum Gasteiger partial charge on any atom is 0.118 e. The molecule has 0 aromatic heterocycles. The Kier molecular flexibility index (Phi) is 4.76. The van der Waals surface area contributed by atoms with Gasteiger partial charge >= 0.3 is 0 Å². The fourth-order valence-electron chi connectivity index (χ4n) is 2.24. The highest BCUT2D eigenvalue weighted by atomic mass is 32.2. The average molecular weight is 324 g/mol. The number of hydrogen-bond donors (Lipinski definition) is 1. The standard InChI is InChI=1S/C19H16OS2/c1-20-15-12-10-14(11-13-15)17-8-5-9-18(21)19(17)22-16-6-3-2-4-7-16/h2-13,21H,1H3. The van der Waals surface area contributed by atoms with Gasteiger partial charge in [-0.15, -0.1) is 12.6 Å². The highest BCUT2D eigenvalue weighted by Crippen LogP contribution is 2.40. The van der Waals surface area contributed by atoms with Gasteiger partial charge in [0.15, 0.2) is 0 Å². The largest absolute Gasteiger partial charge is 0.497 e. The van der Waals surface area contributed by atoms with E-state index < -0.39 is 0 Å². The number of benzene rings is 3. The Balaban J connectivity index is 2.02. The van der Waals surface area contributed by atoms with Gasteiger partial charge in [0.1, 0.15) is 5.75 Å². The lowest BCUT2D eigenvalue weighted by atomic mass is 10.1. The molecule has 0 aliphatic carbocycles. The van der Waals surface area contributed by atoms with Crippen molar-refractivity contribution in [2.45, 2.75) is 14.7 Å². The fourth-order valence-corrected chi connectivity index (χ4v) is 3.58. The molecular weight excluding hydrogens is 308 g/mol. The second-order valence-electron chi connectivity index (χ2n) is 4.80. The minimum absolute atomic E-state index is 0.864. The Bertz CT molecular complexity index is 752. The summed E-state index contributed by atoms with van der Waals surface area (Å²) in [6.07, 6.45) is 0. The van der Waals surface area contributed by atoms with Crippen LogP contribution in [-0.4, -0.2) is 7.11 Å². The van der Waals surface area contributed by atoms with E-state index in [1.807, 2.05) is 30.3 Å². The monoisotopic (exact) mass is 324 g/mol. The van der Waals surface area contributed by atoms with E-state index in [1.165, 1.54) is 15.4 Å². The summed E-state index contributed by atoms with van der Waals surface area (Å²) in [5, 5.41) is 0. The summed E-state index contributed by atoms with van der Waals surface area (Å²) in [4.78, 5) is 3.36. The van der Waals surface area contributed by atoms with Gasteiger partial charge in [0.05, 0.1) is 7.11 Å². The maximum atomic E-state index is 5.23. The van der Waals surface area contributed by atoms with Crippen molar-refractivity contribution in [3.05, 3.63) is 72.8 Å². The number of rotatable bonds is 4. The van der Waals surface area contributed by atoms with Crippen LogP contribution in [0.25, 0.3) is 11.1 Å². The van der Waals surface area contributed by atoms with Crippen LogP contribution in [0.3, 0.4) is 0 Å². The second kappa shape index (κ2) is 6.95. The number of thiol groups is 1. The Hall–Kier alpha value is -1.84. The van der Waals surface area contributed by atoms with Crippen LogP contribution in [0.4, 0.5) is 0 Å². The van der Waals surface area contributed by atoms with Crippen LogP contribution >= 0.6 is 24.4 Å². The van der Waals surface area contributed by atoms with Gasteiger partial charge < -0.3 is 4.74 Å². The molecule has 0 saturated heterocycles. The maximum absolute atomic E-state index is 5.23. The first-order valence-electron chi connectivity index (χ1n) is 6.97. The lowest BCUT2D eigenvalue weighted by Gasteiger charge is -2.12. The quantitative estimate of drug-likeness (QED) is 0.607. The smallest absolute Gasteiger partial charge is 0.118 e. The number of methoxy groups -OCH3 is 1. The van der Waals surface area contributed by atoms with E-state index in [0.717, 1.165) is 16.2 Å². The van der Waals surface area contributed by atoms with Gasteiger partial charge in [-0.25, -0.2) is 0 Å². The molecule has 22 heavy (non-hydrogen) atoms. The summed E-state index contributed by atoms with van der Waals surface area (Å²) in [5.74, 6) is 0.864. The van der Waals surface area contributed by atoms with Crippen molar-refractivity contribution in [2.24, 2.45) is 0 Å². The molecule has 0 N–H and O–H groups in total. The van der Waals surface area contributed by atoms with Crippen molar-refractivity contribution in [2.75, 3.05) is 7.11 Å². The molecule has 3 aromatic carbocycles. The van der Waals surface area contributed by atoms with Crippen LogP contribution < -0.4 is 4.74 Å². The first kappa shape index (κ1) is 15.1. The van der Waals surface area contributed by atoms with Crippen LogP contribution in [-0.2, 0) is 0 Å². The Morgan fingerprint density at radius 3 is 2.23 bits per heavy atom. The first-order chi connectivity index (χ1) is 10.8. The minimum atomic E-state index is 0.864. The molecule has 0 amide bonds. The van der Waals surface area contributed by atoms with Crippen LogP contribution in [0.15, 0.2) is 87.5 Å². The van der Waals surface area contributed by atoms with E-state index in [9.17, 15) is 0 Å². The van der Waals surface area contributed by atoms with Crippen molar-refractivity contribution >= 4 is 24.4 Å². The van der Waals surface area contributed by atoms with Crippen LogP contribution in [0.5, 0.6) is 5.75 Å². The molecule has 1 nitrogen and oxygen atoms in total. The molecule has 0 unspecified atom stereocenters. The molecule has 3 aromatic rings. The summed E-state index contributed by atoms with van der Waals surface area (Å²) in [7, 11) is 1.68. The fraction of sp³-hybridized carbons (Fsp3) is 0.0526. The first-order valence-corrected chi connectivity index (χ1v) is 8.23. The topological polar surface area (TPSA) is 9.23 Å². The van der Waals surface area contributed by atoms with Crippen LogP contribution in [0, 0.1) is 0 Å². The van der Waals surface area contributed by atoms with Crippen molar-refractivity contribution in [3.63, 3.8) is 0 Å². The van der Waals surface area contributed by atoms with Crippen LogP contribution in [0.2, 0.25) is 0 Å². The molecule has 0 aliphatic heterocycles. The molecule has 110 valence electrons. The molecule has 0 aliphatic rings. The number of hydrogen-bond acceptors (Lipinski definition) is 3. The Morgan fingerprint density at radius 1 is 0.818 bits per heavy atom. The highest BCUT2D eigenvalue weighted by Gasteiger charge is 2.10. The van der Waals surface area contributed by atoms with Crippen molar-refractivity contribution in [3.8, 4) is 16.9 Å². The van der Waals surface area contributed by atoms with E-state index in [2.05, 4.69) is 55.1 Å². The van der Waals surface area contributed by atoms with E-state index in [0.29, 0.717) is 0 Å². The zero-order valence-corrected chi connectivity index (χ0v) is 13.9. The molecule has 3 heteroatoms. The third-order valence-corrected chi connectivity index (χ3v) is 5.03. The molecule has 0 saturated carbocycles. The van der Waals surface area contributed by atoms with Crippen molar-refractivity contribution in [1.82, 2.24) is 0 Å². The third kappa shape index (κ3) is 3.32. The van der Waals surface area contributed by atoms with E-state index in [4.69, 9.17) is 4.74 Å². The van der Waals surface area contributed by atoms with Gasteiger partial charge in [0, 0.05) is 14.7 Å². The van der Waals surface area contributed by atoms with Gasteiger partial charge in [-0.05, 0) is 41.5 Å². The van der Waals surface area contributed by atoms with Crippen molar-refractivity contribution < 1.29 is 4.74 Å². The second-order valence-corrected chi connectivity index (χ2v) is 6.36. The summed E-state index contributed by atoms with van der Waals surface area (Å²) in [6, 6.07) is 24.7. The van der Waals surface area contributed by atoms with Crippen molar-refractivity contribution in [1.29, 1.82) is 0 Å². The molecule has 0 spiro atoms. The zero-order valence-electron chi connectivity index (χ0n) is 12.2. The molecular formula is C19H16OS2. The minimum Gasteiger partial charge on any atom is -0.497 e. The summed E-state index contributed by atoms with van der Waals surface area (Å²) in [6.45, 7) is 0. The van der Waals surface area contributed by atoms with Gasteiger partial charge in [-0.3, -0.25) is 0 Å². The zero-order chi connectivity index (χ0) is 15.4. The molecule has 3 rings (SSSR count). The summed E-state index contributed by atoms with van der Waals surface area (Å²) < 4.78 is 5.23. The predicted molar refractivity (Wildman–Crippen MR) is 96.2 cm³/mol.